The van der Waals surface area contributed by atoms with E-state index in [1.165, 1.54) is 18.2 Å². The quantitative estimate of drug-likeness (QED) is 0.395. The average molecular weight is 462 g/mol. The molecule has 0 fully saturated rings. The lowest BCUT2D eigenvalue weighted by atomic mass is 9.85. The second-order valence-corrected chi connectivity index (χ2v) is 8.76. The number of ketones is 1. The Morgan fingerprint density at radius 1 is 1.03 bits per heavy atom. The van der Waals surface area contributed by atoms with E-state index in [9.17, 15) is 18.4 Å². The highest BCUT2D eigenvalue weighted by atomic mass is 19.1. The van der Waals surface area contributed by atoms with Crippen molar-refractivity contribution in [3.05, 3.63) is 101 Å². The number of anilines is 1. The molecule has 5 nitrogen and oxygen atoms in total. The van der Waals surface area contributed by atoms with Crippen molar-refractivity contribution in [3.63, 3.8) is 0 Å². The first kappa shape index (κ1) is 23.2. The molecule has 0 atom stereocenters. The van der Waals surface area contributed by atoms with E-state index in [0.29, 0.717) is 22.7 Å². The van der Waals surface area contributed by atoms with Gasteiger partial charge >= 0.3 is 0 Å². The van der Waals surface area contributed by atoms with Gasteiger partial charge in [0.15, 0.2) is 5.78 Å². The number of carbonyl (C=O) groups is 2. The summed E-state index contributed by atoms with van der Waals surface area (Å²) in [5.74, 6) is -2.33. The zero-order chi connectivity index (χ0) is 24.5. The summed E-state index contributed by atoms with van der Waals surface area (Å²) in [4.78, 5) is 25.3. The van der Waals surface area contributed by atoms with Crippen LogP contribution in [0, 0.1) is 11.6 Å². The van der Waals surface area contributed by atoms with E-state index in [-0.39, 0.29) is 11.3 Å². The molecule has 1 heterocycles. The Kier molecular flexibility index (Phi) is 6.20. The first-order valence-corrected chi connectivity index (χ1v) is 10.7. The molecule has 0 saturated heterocycles. The van der Waals surface area contributed by atoms with Gasteiger partial charge in [-0.1, -0.05) is 12.1 Å². The SMILES string of the molecule is COc1ccc2c(c1)C(=CC(=O)c1ccc(NC(=O)c3c(F)cccc3F)cc1)NC(C)(C)C2. The van der Waals surface area contributed by atoms with E-state index < -0.39 is 23.1 Å². The van der Waals surface area contributed by atoms with Crippen molar-refractivity contribution in [2.45, 2.75) is 25.8 Å². The number of carbonyl (C=O) groups excluding carboxylic acids is 2. The molecule has 4 rings (SSSR count). The molecule has 3 aromatic carbocycles. The Balaban J connectivity index is 1.56. The van der Waals surface area contributed by atoms with Crippen molar-refractivity contribution in [1.29, 1.82) is 0 Å². The Morgan fingerprint density at radius 3 is 2.35 bits per heavy atom. The van der Waals surface area contributed by atoms with Gasteiger partial charge in [0.2, 0.25) is 0 Å². The van der Waals surface area contributed by atoms with Crippen LogP contribution in [0.4, 0.5) is 14.5 Å². The number of rotatable bonds is 5. The van der Waals surface area contributed by atoms with E-state index in [1.54, 1.807) is 25.3 Å². The molecule has 0 bridgehead atoms. The molecular formula is C27H24F2N2O3. The summed E-state index contributed by atoms with van der Waals surface area (Å²) in [6.45, 7) is 4.13. The highest BCUT2D eigenvalue weighted by Crippen LogP contribution is 2.32. The second-order valence-electron chi connectivity index (χ2n) is 8.76. The molecule has 0 radical (unpaired) electrons. The highest BCUT2D eigenvalue weighted by molar-refractivity contribution is 6.09. The molecule has 0 aliphatic carbocycles. The number of halogens is 2. The van der Waals surface area contributed by atoms with Crippen molar-refractivity contribution in [2.24, 2.45) is 0 Å². The van der Waals surface area contributed by atoms with Crippen LogP contribution in [0.5, 0.6) is 5.75 Å². The summed E-state index contributed by atoms with van der Waals surface area (Å²) in [6.07, 6.45) is 2.34. The number of methoxy groups -OCH3 is 1. The average Bonchev–Trinajstić information content (AvgIpc) is 2.78. The van der Waals surface area contributed by atoms with Gasteiger partial charge in [0.05, 0.1) is 7.11 Å². The topological polar surface area (TPSA) is 67.4 Å². The lowest BCUT2D eigenvalue weighted by Crippen LogP contribution is -2.43. The number of ether oxygens (including phenoxy) is 1. The first-order chi connectivity index (χ1) is 16.2. The van der Waals surface area contributed by atoms with Crippen LogP contribution in [0.2, 0.25) is 0 Å². The lowest BCUT2D eigenvalue weighted by Gasteiger charge is -2.35. The molecule has 0 aromatic heterocycles. The van der Waals surface area contributed by atoms with Crippen LogP contribution in [0.25, 0.3) is 5.70 Å². The Hall–Kier alpha value is -4.00. The minimum absolute atomic E-state index is 0.230. The Bertz CT molecular complexity index is 1280. The molecule has 0 saturated carbocycles. The maximum Gasteiger partial charge on any atom is 0.261 e. The van der Waals surface area contributed by atoms with Gasteiger partial charge in [-0.15, -0.1) is 0 Å². The van der Waals surface area contributed by atoms with Gasteiger partial charge in [-0.3, -0.25) is 9.59 Å². The Morgan fingerprint density at radius 2 is 1.71 bits per heavy atom. The number of hydrogen-bond donors (Lipinski definition) is 2. The standard InChI is InChI=1S/C27H24F2N2O3/c1-27(2)15-17-9-12-19(34-3)13-20(17)23(31-27)14-24(32)16-7-10-18(11-8-16)30-26(33)25-21(28)5-4-6-22(25)29/h4-14,31H,15H2,1-3H3,(H,30,33). The largest absolute Gasteiger partial charge is 0.497 e. The summed E-state index contributed by atoms with van der Waals surface area (Å²) >= 11 is 0. The number of fused-ring (bicyclic) bond motifs is 1. The van der Waals surface area contributed by atoms with E-state index in [2.05, 4.69) is 24.5 Å². The zero-order valence-corrected chi connectivity index (χ0v) is 19.0. The third-order valence-electron chi connectivity index (χ3n) is 5.61. The molecule has 7 heteroatoms. The molecule has 0 spiro atoms. The van der Waals surface area contributed by atoms with Crippen LogP contribution in [-0.2, 0) is 6.42 Å². The molecule has 1 aliphatic rings. The summed E-state index contributed by atoms with van der Waals surface area (Å²) < 4.78 is 33.0. The highest BCUT2D eigenvalue weighted by Gasteiger charge is 2.28. The van der Waals surface area contributed by atoms with E-state index in [4.69, 9.17) is 4.74 Å². The van der Waals surface area contributed by atoms with Crippen molar-refractivity contribution in [1.82, 2.24) is 5.32 Å². The molecule has 2 N–H and O–H groups in total. The monoisotopic (exact) mass is 462 g/mol. The fourth-order valence-corrected chi connectivity index (χ4v) is 3.99. The number of allylic oxidation sites excluding steroid dienone is 1. The fraction of sp³-hybridized carbons (Fsp3) is 0.185. The third kappa shape index (κ3) is 4.83. The van der Waals surface area contributed by atoms with Gasteiger partial charge in [-0.05, 0) is 74.4 Å². The van der Waals surface area contributed by atoms with Gasteiger partial charge in [0, 0.05) is 34.1 Å². The normalized spacial score (nSPS) is 15.3. The third-order valence-corrected chi connectivity index (χ3v) is 5.61. The van der Waals surface area contributed by atoms with Gasteiger partial charge < -0.3 is 15.4 Å². The first-order valence-electron chi connectivity index (χ1n) is 10.7. The summed E-state index contributed by atoms with van der Waals surface area (Å²) in [5.41, 5.74) is 2.53. The summed E-state index contributed by atoms with van der Waals surface area (Å²) in [6, 6.07) is 15.1. The number of nitrogens with one attached hydrogen (secondary N) is 2. The molecule has 1 amide bonds. The fourth-order valence-electron chi connectivity index (χ4n) is 3.99. The van der Waals surface area contributed by atoms with Crippen LogP contribution in [0.3, 0.4) is 0 Å². The van der Waals surface area contributed by atoms with Crippen molar-refractivity contribution in [2.75, 3.05) is 12.4 Å². The van der Waals surface area contributed by atoms with Crippen LogP contribution >= 0.6 is 0 Å². The van der Waals surface area contributed by atoms with Crippen LogP contribution < -0.4 is 15.4 Å². The molecule has 1 aliphatic heterocycles. The number of hydrogen-bond acceptors (Lipinski definition) is 4. The van der Waals surface area contributed by atoms with Gasteiger partial charge in [0.1, 0.15) is 22.9 Å². The number of benzene rings is 3. The Labute approximate surface area is 196 Å². The maximum atomic E-state index is 13.8. The van der Waals surface area contributed by atoms with Crippen LogP contribution in [-0.4, -0.2) is 24.3 Å². The van der Waals surface area contributed by atoms with Crippen LogP contribution in [0.1, 0.15) is 45.7 Å². The van der Waals surface area contributed by atoms with E-state index in [0.717, 1.165) is 29.7 Å². The van der Waals surface area contributed by atoms with Crippen molar-refractivity contribution < 1.29 is 23.1 Å². The second kappa shape index (κ2) is 9.09. The minimum atomic E-state index is -0.948. The number of amides is 1. The van der Waals surface area contributed by atoms with E-state index >= 15 is 0 Å². The van der Waals surface area contributed by atoms with E-state index in [1.807, 2.05) is 18.2 Å². The molecule has 3 aromatic rings. The van der Waals surface area contributed by atoms with Crippen molar-refractivity contribution >= 4 is 23.1 Å². The molecule has 174 valence electrons. The predicted molar refractivity (Wildman–Crippen MR) is 127 cm³/mol. The molecular weight excluding hydrogens is 438 g/mol. The van der Waals surface area contributed by atoms with Gasteiger partial charge in [-0.2, -0.15) is 0 Å². The van der Waals surface area contributed by atoms with Gasteiger partial charge in [0.25, 0.3) is 5.91 Å². The zero-order valence-electron chi connectivity index (χ0n) is 19.0. The van der Waals surface area contributed by atoms with Crippen LogP contribution in [0.15, 0.2) is 66.7 Å². The summed E-state index contributed by atoms with van der Waals surface area (Å²) in [5, 5.41) is 5.88. The lowest BCUT2D eigenvalue weighted by molar-refractivity contribution is 0.101. The molecule has 0 unspecified atom stereocenters. The maximum absolute atomic E-state index is 13.8. The summed E-state index contributed by atoms with van der Waals surface area (Å²) in [7, 11) is 1.59. The van der Waals surface area contributed by atoms with Gasteiger partial charge in [-0.25, -0.2) is 8.78 Å². The molecule has 34 heavy (non-hydrogen) atoms. The minimum Gasteiger partial charge on any atom is -0.497 e. The smallest absolute Gasteiger partial charge is 0.261 e. The van der Waals surface area contributed by atoms with Crippen molar-refractivity contribution in [3.8, 4) is 5.75 Å². The predicted octanol–water partition coefficient (Wildman–Crippen LogP) is 5.37.